The van der Waals surface area contributed by atoms with E-state index >= 15 is 0 Å². The van der Waals surface area contributed by atoms with Crippen LogP contribution < -0.4 is 20.9 Å². The summed E-state index contributed by atoms with van der Waals surface area (Å²) in [5.74, 6) is 1.09. The number of aryl methyl sites for hydroxylation is 2. The number of nitrogen functional groups attached to an aromatic ring is 1. The number of isocyanates is 1. The highest BCUT2D eigenvalue weighted by Crippen LogP contribution is 2.39. The number of benzene rings is 6. The summed E-state index contributed by atoms with van der Waals surface area (Å²) in [6, 6.07) is 45.1. The van der Waals surface area contributed by atoms with Crippen molar-refractivity contribution in [2.75, 3.05) is 48.2 Å². The summed E-state index contributed by atoms with van der Waals surface area (Å²) >= 11 is 0. The second-order valence-corrected chi connectivity index (χ2v) is 19.2. The molecule has 2 aromatic heterocycles. The maximum atomic E-state index is 13.1. The van der Waals surface area contributed by atoms with Crippen LogP contribution in [0.3, 0.4) is 0 Å². The van der Waals surface area contributed by atoms with Gasteiger partial charge in [0.2, 0.25) is 23.6 Å². The summed E-state index contributed by atoms with van der Waals surface area (Å²) in [4.78, 5) is 31.0. The number of ether oxygens (including phenoxy) is 1. The van der Waals surface area contributed by atoms with E-state index in [1.807, 2.05) is 98.8 Å². The highest BCUT2D eigenvalue weighted by atomic mass is 16.5. The Morgan fingerprint density at radius 2 is 1.12 bits per heavy atom. The SMILES string of the molecule is C1CCOC1.CN(c1ccc(-c2ccccc2-c2nn[nH]n2)cc1N)C1CCCC1.Cc1ccc(CC(=O)Nc2cc(-c3ccccc3-c3nn[nH]n3)ccc2N(C)C2CCCC2)cc1.Cc1ccc(N=C=O)cc1. The smallest absolute Gasteiger partial charge is 0.240 e. The van der Waals surface area contributed by atoms with Gasteiger partial charge in [-0.2, -0.15) is 15.4 Å². The van der Waals surface area contributed by atoms with E-state index in [1.54, 1.807) is 12.1 Å². The molecule has 1 aliphatic heterocycles. The lowest BCUT2D eigenvalue weighted by atomic mass is 9.98. The number of nitrogens with one attached hydrogen (secondary N) is 3. The standard InChI is InChI=1S/C28H30N6O.C19H22N6.C8H7NO.C4H8O/c1-19-11-13-20(14-12-19)17-27(35)29-25-18-21(15-16-26(25)34(2)22-7-3-4-8-22)23-9-5-6-10-24(23)28-30-32-33-31-28;1-25(14-6-2-3-7-14)18-11-10-13(12-17(18)20)15-8-4-5-9-16(15)19-21-23-24-22-19;1-7-2-4-8(5-3-7)9-6-10;1-2-4-5-3-1/h5-6,9-16,18,22H,3-4,7-8,17H2,1-2H3,(H,29,35)(H,30,31,32,33);4-5,8-12,14H,2-3,6-7,20H2,1H3,(H,21,22,23,24);2-5H,1H3;1-4H2. The Kier molecular flexibility index (Phi) is 18.8. The first-order valence-corrected chi connectivity index (χ1v) is 25.9. The summed E-state index contributed by atoms with van der Waals surface area (Å²) in [5.41, 5.74) is 20.1. The van der Waals surface area contributed by atoms with Crippen molar-refractivity contribution in [3.63, 3.8) is 0 Å². The number of aliphatic imine (C=N–C) groups is 1. The summed E-state index contributed by atoms with van der Waals surface area (Å²) in [6.45, 7) is 6.03. The summed E-state index contributed by atoms with van der Waals surface area (Å²) < 4.78 is 4.94. The number of carbonyl (C=O) groups is 1. The highest BCUT2D eigenvalue weighted by Gasteiger charge is 2.24. The number of anilines is 4. The third kappa shape index (κ3) is 14.5. The van der Waals surface area contributed by atoms with Gasteiger partial charge in [0.05, 0.1) is 34.9 Å². The summed E-state index contributed by atoms with van der Waals surface area (Å²) in [5, 5.41) is 32.2. The topological polar surface area (TPSA) is 209 Å². The maximum Gasteiger partial charge on any atom is 0.240 e. The third-order valence-corrected chi connectivity index (χ3v) is 14.0. The lowest BCUT2D eigenvalue weighted by Crippen LogP contribution is -2.30. The van der Waals surface area contributed by atoms with Crippen LogP contribution in [0.15, 0.2) is 138 Å². The molecule has 2 aliphatic carbocycles. The molecular formula is C59H67N13O3. The van der Waals surface area contributed by atoms with E-state index in [9.17, 15) is 9.59 Å². The van der Waals surface area contributed by atoms with Gasteiger partial charge in [-0.1, -0.05) is 134 Å². The van der Waals surface area contributed by atoms with Crippen LogP contribution in [0.5, 0.6) is 0 Å². The van der Waals surface area contributed by atoms with E-state index in [0.29, 0.717) is 35.8 Å². The molecule has 16 heteroatoms. The molecule has 11 rings (SSSR count). The number of carbonyl (C=O) groups excluding carboxylic acids is 2. The predicted octanol–water partition coefficient (Wildman–Crippen LogP) is 11.7. The van der Waals surface area contributed by atoms with Gasteiger partial charge < -0.3 is 25.6 Å². The lowest BCUT2D eigenvalue weighted by Gasteiger charge is -2.29. The quantitative estimate of drug-likeness (QED) is 0.0512. The Labute approximate surface area is 439 Å². The molecule has 75 heavy (non-hydrogen) atoms. The number of amides is 1. The van der Waals surface area contributed by atoms with Gasteiger partial charge in [-0.15, -0.1) is 20.4 Å². The van der Waals surface area contributed by atoms with E-state index < -0.39 is 0 Å². The van der Waals surface area contributed by atoms with E-state index in [-0.39, 0.29) is 5.91 Å². The Balaban J connectivity index is 0.000000160. The number of nitrogens with two attached hydrogens (primary N) is 1. The van der Waals surface area contributed by atoms with Crippen molar-refractivity contribution in [2.24, 2.45) is 4.99 Å². The molecule has 0 atom stereocenters. The zero-order valence-corrected chi connectivity index (χ0v) is 43.4. The Bertz CT molecular complexity index is 3080. The fraction of sp³-hybridized carbons (Fsp3) is 0.322. The average molecular weight is 1010 g/mol. The zero-order chi connectivity index (χ0) is 52.4. The number of aromatic amines is 2. The largest absolute Gasteiger partial charge is 0.397 e. The Morgan fingerprint density at radius 3 is 1.59 bits per heavy atom. The number of aromatic nitrogens is 8. The van der Waals surface area contributed by atoms with Crippen LogP contribution >= 0.6 is 0 Å². The van der Waals surface area contributed by atoms with Crippen LogP contribution in [0.1, 0.15) is 80.9 Å². The maximum absolute atomic E-state index is 13.1. The number of hydrogen-bond donors (Lipinski definition) is 4. The van der Waals surface area contributed by atoms with Crippen molar-refractivity contribution in [1.29, 1.82) is 0 Å². The number of nitrogens with zero attached hydrogens (tertiary/aromatic N) is 9. The molecule has 16 nitrogen and oxygen atoms in total. The van der Waals surface area contributed by atoms with Crippen LogP contribution in [-0.4, -0.2) is 92.6 Å². The molecule has 1 saturated heterocycles. The molecule has 0 spiro atoms. The van der Waals surface area contributed by atoms with Gasteiger partial charge in [-0.05, 0) is 127 Å². The van der Waals surface area contributed by atoms with Gasteiger partial charge in [0.15, 0.2) is 0 Å². The molecule has 0 unspecified atom stereocenters. The molecule has 0 bridgehead atoms. The molecule has 8 aromatic rings. The van der Waals surface area contributed by atoms with Crippen LogP contribution in [-0.2, 0) is 20.7 Å². The average Bonchev–Trinajstić information content (AvgIpc) is 4.30. The fourth-order valence-electron chi connectivity index (χ4n) is 9.81. The van der Waals surface area contributed by atoms with Crippen molar-refractivity contribution in [2.45, 2.75) is 96.6 Å². The van der Waals surface area contributed by atoms with Crippen LogP contribution in [0, 0.1) is 13.8 Å². The van der Waals surface area contributed by atoms with E-state index in [0.717, 1.165) is 80.5 Å². The monoisotopic (exact) mass is 1010 g/mol. The molecule has 0 radical (unpaired) electrons. The minimum atomic E-state index is -0.0291. The van der Waals surface area contributed by atoms with Crippen LogP contribution in [0.2, 0.25) is 0 Å². The van der Waals surface area contributed by atoms with Gasteiger partial charge in [0.25, 0.3) is 0 Å². The molecule has 5 N–H and O–H groups in total. The molecule has 3 fully saturated rings. The molecule has 1 amide bonds. The van der Waals surface area contributed by atoms with Crippen LogP contribution in [0.4, 0.5) is 28.4 Å². The molecule has 2 saturated carbocycles. The van der Waals surface area contributed by atoms with Gasteiger partial charge in [0, 0.05) is 50.5 Å². The number of tetrazole rings is 2. The second-order valence-electron chi connectivity index (χ2n) is 19.2. The van der Waals surface area contributed by atoms with E-state index in [4.69, 9.17) is 10.5 Å². The molecule has 386 valence electrons. The van der Waals surface area contributed by atoms with Crippen molar-refractivity contribution in [3.05, 3.63) is 150 Å². The van der Waals surface area contributed by atoms with E-state index in [2.05, 4.69) is 112 Å². The fourth-order valence-corrected chi connectivity index (χ4v) is 9.81. The normalized spacial score (nSPS) is 14.0. The number of hydrogen-bond acceptors (Lipinski definition) is 13. The van der Waals surface area contributed by atoms with Crippen molar-refractivity contribution < 1.29 is 14.3 Å². The number of H-pyrrole nitrogens is 2. The Morgan fingerprint density at radius 1 is 0.640 bits per heavy atom. The Hall–Kier alpha value is -8.33. The molecule has 6 aromatic carbocycles. The minimum absolute atomic E-state index is 0.0291. The van der Waals surface area contributed by atoms with Gasteiger partial charge in [-0.3, -0.25) is 4.79 Å². The van der Waals surface area contributed by atoms with Crippen molar-refractivity contribution in [1.82, 2.24) is 41.2 Å². The lowest BCUT2D eigenvalue weighted by molar-refractivity contribution is -0.115. The highest BCUT2D eigenvalue weighted by molar-refractivity contribution is 5.97. The van der Waals surface area contributed by atoms with Gasteiger partial charge in [-0.25, -0.2) is 4.79 Å². The predicted molar refractivity (Wildman–Crippen MR) is 298 cm³/mol. The third-order valence-electron chi connectivity index (χ3n) is 14.0. The second kappa shape index (κ2) is 26.6. The van der Waals surface area contributed by atoms with E-state index in [1.165, 1.54) is 75.9 Å². The molecular weight excluding hydrogens is 939 g/mol. The van der Waals surface area contributed by atoms with Gasteiger partial charge >= 0.3 is 0 Å². The first-order chi connectivity index (χ1) is 36.6. The first kappa shape index (κ1) is 53.0. The molecule has 3 heterocycles. The summed E-state index contributed by atoms with van der Waals surface area (Å²) in [7, 11) is 4.28. The minimum Gasteiger partial charge on any atom is -0.397 e. The van der Waals surface area contributed by atoms with Crippen LogP contribution in [0.25, 0.3) is 45.0 Å². The molecule has 3 aliphatic rings. The zero-order valence-electron chi connectivity index (χ0n) is 43.4. The number of rotatable bonds is 12. The summed E-state index contributed by atoms with van der Waals surface area (Å²) in [6.07, 6.45) is 14.3. The van der Waals surface area contributed by atoms with Crippen molar-refractivity contribution >= 4 is 40.4 Å². The first-order valence-electron chi connectivity index (χ1n) is 25.9. The van der Waals surface area contributed by atoms with Gasteiger partial charge in [0.1, 0.15) is 0 Å². The van der Waals surface area contributed by atoms with Crippen molar-refractivity contribution in [3.8, 4) is 45.0 Å².